The van der Waals surface area contributed by atoms with Gasteiger partial charge < -0.3 is 15.5 Å². The van der Waals surface area contributed by atoms with Crippen molar-refractivity contribution in [2.75, 3.05) is 52.4 Å². The Labute approximate surface area is 193 Å². The zero-order valence-corrected chi connectivity index (χ0v) is 19.7. The topological polar surface area (TPSA) is 73.9 Å². The van der Waals surface area contributed by atoms with Crippen molar-refractivity contribution in [1.29, 1.82) is 0 Å². The van der Waals surface area contributed by atoms with E-state index in [0.717, 1.165) is 65.2 Å². The number of hydrogen-bond donors (Lipinski definition) is 2. The lowest BCUT2D eigenvalue weighted by Gasteiger charge is -2.40. The molecule has 7 nitrogen and oxygen atoms in total. The highest BCUT2D eigenvalue weighted by molar-refractivity contribution is 5.97. The monoisotopic (exact) mass is 474 g/mol. The van der Waals surface area contributed by atoms with Gasteiger partial charge in [-0.25, -0.2) is 4.79 Å². The second-order valence-electron chi connectivity index (χ2n) is 7.95. The molecule has 0 aromatic rings. The van der Waals surface area contributed by atoms with Crippen molar-refractivity contribution >= 4 is 49.0 Å². The Hall–Kier alpha value is -0.150. The molecule has 3 heterocycles. The third kappa shape index (κ3) is 8.85. The third-order valence-electron chi connectivity index (χ3n) is 6.12. The summed E-state index contributed by atoms with van der Waals surface area (Å²) in [5.41, 5.74) is 0. The molecule has 0 bridgehead atoms. The molecule has 3 saturated heterocycles. The van der Waals surface area contributed by atoms with Crippen molar-refractivity contribution in [3.63, 3.8) is 0 Å². The smallest absolute Gasteiger partial charge is 0.335 e. The summed E-state index contributed by atoms with van der Waals surface area (Å²) in [6, 6.07) is 0.652. The quantitative estimate of drug-likeness (QED) is 0.566. The minimum atomic E-state index is -0.611. The number of rotatable bonds is 6. The molecule has 0 aromatic carbocycles. The van der Waals surface area contributed by atoms with Crippen LogP contribution in [0.5, 0.6) is 0 Å². The van der Waals surface area contributed by atoms with Gasteiger partial charge in [-0.05, 0) is 71.1 Å². The van der Waals surface area contributed by atoms with Crippen LogP contribution in [0.15, 0.2) is 0 Å². The van der Waals surface area contributed by atoms with E-state index in [4.69, 9.17) is 4.84 Å². The summed E-state index contributed by atoms with van der Waals surface area (Å²) in [5.74, 6) is -0.594. The molecular formula is C19H37Cl3N4O3. The molecule has 29 heavy (non-hydrogen) atoms. The van der Waals surface area contributed by atoms with Crippen LogP contribution in [-0.4, -0.2) is 80.1 Å². The highest BCUT2D eigenvalue weighted by Crippen LogP contribution is 2.23. The molecule has 1 atom stereocenters. The van der Waals surface area contributed by atoms with Crippen LogP contribution in [0, 0.1) is 11.8 Å². The maximum atomic E-state index is 12.6. The van der Waals surface area contributed by atoms with Crippen molar-refractivity contribution in [3.05, 3.63) is 0 Å². The van der Waals surface area contributed by atoms with Crippen molar-refractivity contribution in [2.24, 2.45) is 11.8 Å². The molecule has 3 aliphatic rings. The Kier molecular flexibility index (Phi) is 14.7. The van der Waals surface area contributed by atoms with Crippen LogP contribution >= 0.6 is 37.2 Å². The molecule has 1 unspecified atom stereocenters. The Balaban J connectivity index is 0.00000261. The van der Waals surface area contributed by atoms with Gasteiger partial charge in [0.25, 0.3) is 0 Å². The molecule has 172 valence electrons. The van der Waals surface area contributed by atoms with E-state index in [0.29, 0.717) is 18.4 Å². The normalized spacial score (nSPS) is 23.1. The van der Waals surface area contributed by atoms with Gasteiger partial charge in [-0.1, -0.05) is 0 Å². The molecule has 0 aromatic heterocycles. The van der Waals surface area contributed by atoms with Gasteiger partial charge in [0, 0.05) is 32.2 Å². The molecule has 3 aliphatic heterocycles. The van der Waals surface area contributed by atoms with Crippen LogP contribution in [-0.2, 0) is 14.4 Å². The minimum Gasteiger partial charge on any atom is -0.367 e. The summed E-state index contributed by atoms with van der Waals surface area (Å²) in [5, 5.41) is 8.49. The number of halogens is 3. The number of carbonyl (C=O) groups excluding carboxylic acids is 2. The maximum Gasteiger partial charge on any atom is 0.335 e. The lowest BCUT2D eigenvalue weighted by atomic mass is 9.86. The molecule has 2 N–H and O–H groups in total. The van der Waals surface area contributed by atoms with Crippen LogP contribution in [0.3, 0.4) is 0 Å². The van der Waals surface area contributed by atoms with Gasteiger partial charge in [-0.2, -0.15) is 0 Å². The largest absolute Gasteiger partial charge is 0.367 e. The van der Waals surface area contributed by atoms with Crippen molar-refractivity contribution in [1.82, 2.24) is 20.6 Å². The number of hydrogen-bond acceptors (Lipinski definition) is 7. The third-order valence-corrected chi connectivity index (χ3v) is 6.12. The molecule has 0 saturated carbocycles. The highest BCUT2D eigenvalue weighted by Gasteiger charge is 2.32. The number of nitrogens with zero attached hydrogens (tertiary/aromatic N) is 2. The molecule has 0 amide bonds. The summed E-state index contributed by atoms with van der Waals surface area (Å²) in [4.78, 5) is 32.7. The van der Waals surface area contributed by atoms with Crippen molar-refractivity contribution < 1.29 is 14.4 Å². The van der Waals surface area contributed by atoms with Crippen molar-refractivity contribution in [2.45, 2.75) is 45.1 Å². The first kappa shape index (κ1) is 28.9. The Morgan fingerprint density at radius 3 is 1.93 bits per heavy atom. The molecule has 3 fully saturated rings. The van der Waals surface area contributed by atoms with Gasteiger partial charge in [0.1, 0.15) is 11.7 Å². The average molecular weight is 476 g/mol. The molecule has 0 aliphatic carbocycles. The maximum absolute atomic E-state index is 12.6. The van der Waals surface area contributed by atoms with Crippen LogP contribution in [0.1, 0.15) is 39.0 Å². The second-order valence-corrected chi connectivity index (χ2v) is 7.95. The van der Waals surface area contributed by atoms with E-state index in [2.05, 4.69) is 15.5 Å². The van der Waals surface area contributed by atoms with E-state index in [1.54, 1.807) is 5.06 Å². The van der Waals surface area contributed by atoms with Gasteiger partial charge in [0.15, 0.2) is 0 Å². The first-order chi connectivity index (χ1) is 12.6. The first-order valence-electron chi connectivity index (χ1n) is 10.3. The van der Waals surface area contributed by atoms with E-state index < -0.39 is 5.92 Å². The standard InChI is InChI=1S/C19H34N4O3.3ClH/c1-15(24)18(14-16-2-6-20-7-3-16)19(25)26-23-12-10-22(11-13-23)17-4-8-21-9-5-17;;;/h16-18,20-21H,2-14H2,1H3;3*1H. The van der Waals surface area contributed by atoms with E-state index in [1.165, 1.54) is 19.8 Å². The summed E-state index contributed by atoms with van der Waals surface area (Å²) in [7, 11) is 0. The van der Waals surface area contributed by atoms with Gasteiger partial charge in [-0.15, -0.1) is 42.3 Å². The molecular weight excluding hydrogens is 439 g/mol. The lowest BCUT2D eigenvalue weighted by Crippen LogP contribution is -2.53. The van der Waals surface area contributed by atoms with Gasteiger partial charge in [0.05, 0.1) is 0 Å². The number of ketones is 1. The predicted molar refractivity (Wildman–Crippen MR) is 121 cm³/mol. The number of carbonyl (C=O) groups is 2. The minimum absolute atomic E-state index is 0. The first-order valence-corrected chi connectivity index (χ1v) is 10.3. The average Bonchev–Trinajstić information content (AvgIpc) is 2.68. The fourth-order valence-corrected chi connectivity index (χ4v) is 4.40. The SMILES string of the molecule is CC(=O)C(CC1CCNCC1)C(=O)ON1CCN(C2CCNCC2)CC1.Cl.Cl.Cl. The van der Waals surface area contributed by atoms with Crippen LogP contribution in [0.25, 0.3) is 0 Å². The molecule has 10 heteroatoms. The molecule has 3 rings (SSSR count). The van der Waals surface area contributed by atoms with Gasteiger partial charge >= 0.3 is 5.97 Å². The number of piperazine rings is 1. The molecule has 0 radical (unpaired) electrons. The number of Topliss-reactive ketones (excluding diaryl/α,β-unsaturated/α-hetero) is 1. The van der Waals surface area contributed by atoms with Crippen LogP contribution in [0.4, 0.5) is 0 Å². The highest BCUT2D eigenvalue weighted by atomic mass is 35.5. The van der Waals surface area contributed by atoms with Gasteiger partial charge in [0.2, 0.25) is 0 Å². The van der Waals surface area contributed by atoms with Crippen LogP contribution < -0.4 is 10.6 Å². The van der Waals surface area contributed by atoms with E-state index in [9.17, 15) is 9.59 Å². The lowest BCUT2D eigenvalue weighted by molar-refractivity contribution is -0.204. The van der Waals surface area contributed by atoms with E-state index >= 15 is 0 Å². The molecule has 0 spiro atoms. The van der Waals surface area contributed by atoms with Crippen molar-refractivity contribution in [3.8, 4) is 0 Å². The summed E-state index contributed by atoms with van der Waals surface area (Å²) in [6.45, 7) is 8.97. The fourth-order valence-electron chi connectivity index (χ4n) is 4.40. The summed E-state index contributed by atoms with van der Waals surface area (Å²) >= 11 is 0. The summed E-state index contributed by atoms with van der Waals surface area (Å²) < 4.78 is 0. The zero-order chi connectivity index (χ0) is 18.4. The Morgan fingerprint density at radius 1 is 0.897 bits per heavy atom. The Bertz CT molecular complexity index is 481. The number of nitrogens with one attached hydrogen (secondary N) is 2. The van der Waals surface area contributed by atoms with E-state index in [-0.39, 0.29) is 49.0 Å². The second kappa shape index (κ2) is 14.8. The summed E-state index contributed by atoms with van der Waals surface area (Å²) in [6.07, 6.45) is 5.09. The van der Waals surface area contributed by atoms with Crippen LogP contribution in [0.2, 0.25) is 0 Å². The fraction of sp³-hybridized carbons (Fsp3) is 0.895. The number of piperidine rings is 2. The Morgan fingerprint density at radius 2 is 1.41 bits per heavy atom. The zero-order valence-electron chi connectivity index (χ0n) is 17.3. The number of hydroxylamine groups is 2. The van der Waals surface area contributed by atoms with Gasteiger partial charge in [-0.3, -0.25) is 9.69 Å². The predicted octanol–water partition coefficient (Wildman–Crippen LogP) is 1.67. The van der Waals surface area contributed by atoms with E-state index in [1.807, 2.05) is 0 Å².